The lowest BCUT2D eigenvalue weighted by Gasteiger charge is -2.19. The number of rotatable bonds is 8. The van der Waals surface area contributed by atoms with Crippen molar-refractivity contribution in [3.8, 4) is 0 Å². The second-order valence-electron chi connectivity index (χ2n) is 3.78. The molecule has 2 unspecified atom stereocenters. The van der Waals surface area contributed by atoms with Gasteiger partial charge in [0.05, 0.1) is 6.10 Å². The minimum Gasteiger partial charge on any atom is -0.380 e. The minimum atomic E-state index is 0.113. The van der Waals surface area contributed by atoms with Gasteiger partial charge in [-0.05, 0) is 20.3 Å². The number of nitrogens with one attached hydrogen (secondary N) is 2. The maximum atomic E-state index is 11.2. The fourth-order valence-corrected chi connectivity index (χ4v) is 1.14. The summed E-state index contributed by atoms with van der Waals surface area (Å²) in [5, 5.41) is 6.09. The number of ether oxygens (including phenoxy) is 1. The van der Waals surface area contributed by atoms with Crippen LogP contribution in [-0.2, 0) is 9.53 Å². The van der Waals surface area contributed by atoms with Gasteiger partial charge in [0, 0.05) is 32.7 Å². The molecule has 0 rings (SSSR count). The molecule has 4 nitrogen and oxygen atoms in total. The summed E-state index contributed by atoms with van der Waals surface area (Å²) in [6.45, 7) is 7.57. The number of methoxy groups -OCH3 is 1. The molecule has 0 bridgehead atoms. The van der Waals surface area contributed by atoms with Crippen molar-refractivity contribution < 1.29 is 9.53 Å². The number of hydrogen-bond acceptors (Lipinski definition) is 3. The summed E-state index contributed by atoms with van der Waals surface area (Å²) in [6, 6.07) is 0.272. The monoisotopic (exact) mass is 216 g/mol. The van der Waals surface area contributed by atoms with Gasteiger partial charge in [-0.1, -0.05) is 6.92 Å². The van der Waals surface area contributed by atoms with E-state index in [2.05, 4.69) is 17.6 Å². The van der Waals surface area contributed by atoms with E-state index in [9.17, 15) is 4.79 Å². The third kappa shape index (κ3) is 7.33. The van der Waals surface area contributed by atoms with Crippen molar-refractivity contribution in [1.29, 1.82) is 0 Å². The predicted molar refractivity (Wildman–Crippen MR) is 61.9 cm³/mol. The molecule has 0 aromatic rings. The molecule has 4 heteroatoms. The van der Waals surface area contributed by atoms with Crippen LogP contribution in [0.1, 0.15) is 33.6 Å². The molecule has 0 aliphatic carbocycles. The lowest BCUT2D eigenvalue weighted by Crippen LogP contribution is -2.38. The van der Waals surface area contributed by atoms with Crippen molar-refractivity contribution >= 4 is 5.91 Å². The van der Waals surface area contributed by atoms with E-state index in [1.165, 1.54) is 0 Å². The first kappa shape index (κ1) is 14.4. The fraction of sp³-hybridized carbons (Fsp3) is 0.909. The van der Waals surface area contributed by atoms with E-state index in [1.54, 1.807) is 7.11 Å². The molecule has 90 valence electrons. The number of amides is 1. The van der Waals surface area contributed by atoms with E-state index in [-0.39, 0.29) is 18.1 Å². The van der Waals surface area contributed by atoms with Crippen LogP contribution in [0.5, 0.6) is 0 Å². The number of carbonyl (C=O) groups excluding carboxylic acids is 1. The third-order valence-electron chi connectivity index (χ3n) is 2.47. The maximum Gasteiger partial charge on any atom is 0.221 e. The van der Waals surface area contributed by atoms with Crippen LogP contribution in [0.3, 0.4) is 0 Å². The molecule has 0 aliphatic rings. The smallest absolute Gasteiger partial charge is 0.221 e. The second-order valence-corrected chi connectivity index (χ2v) is 3.78. The Hall–Kier alpha value is -0.610. The van der Waals surface area contributed by atoms with Gasteiger partial charge in [0.1, 0.15) is 0 Å². The standard InChI is InChI=1S/C11H24N2O2/c1-5-7-13-11(14)6-8-12-9(2)10(3)15-4/h9-10,12H,5-8H2,1-4H3,(H,13,14). The molecule has 1 amide bonds. The van der Waals surface area contributed by atoms with E-state index in [4.69, 9.17) is 4.74 Å². The first-order chi connectivity index (χ1) is 7.11. The summed E-state index contributed by atoms with van der Waals surface area (Å²) in [5.74, 6) is 0.113. The average Bonchev–Trinajstić information content (AvgIpc) is 2.24. The van der Waals surface area contributed by atoms with Crippen molar-refractivity contribution in [3.05, 3.63) is 0 Å². The zero-order chi connectivity index (χ0) is 11.7. The van der Waals surface area contributed by atoms with Gasteiger partial charge < -0.3 is 15.4 Å². The predicted octanol–water partition coefficient (Wildman–Crippen LogP) is 0.916. The molecule has 2 N–H and O–H groups in total. The topological polar surface area (TPSA) is 50.4 Å². The Morgan fingerprint density at radius 1 is 1.33 bits per heavy atom. The van der Waals surface area contributed by atoms with Gasteiger partial charge in [0.15, 0.2) is 0 Å². The SMILES string of the molecule is CCCNC(=O)CCNC(C)C(C)OC. The quantitative estimate of drug-likeness (QED) is 0.634. The van der Waals surface area contributed by atoms with Crippen LogP contribution in [0, 0.1) is 0 Å². The zero-order valence-electron chi connectivity index (χ0n) is 10.3. The van der Waals surface area contributed by atoms with Crippen LogP contribution in [0.2, 0.25) is 0 Å². The Morgan fingerprint density at radius 2 is 2.00 bits per heavy atom. The third-order valence-corrected chi connectivity index (χ3v) is 2.47. The molecule has 0 radical (unpaired) electrons. The Balaban J connectivity index is 3.48. The highest BCUT2D eigenvalue weighted by Gasteiger charge is 2.10. The Kier molecular flexibility index (Phi) is 8.33. The normalized spacial score (nSPS) is 14.7. The van der Waals surface area contributed by atoms with E-state index < -0.39 is 0 Å². The first-order valence-corrected chi connectivity index (χ1v) is 5.64. The molecule has 0 spiro atoms. The van der Waals surface area contributed by atoms with Crippen LogP contribution in [0.4, 0.5) is 0 Å². The highest BCUT2D eigenvalue weighted by atomic mass is 16.5. The molecule has 15 heavy (non-hydrogen) atoms. The summed E-state index contributed by atoms with van der Waals surface area (Å²) in [4.78, 5) is 11.2. The van der Waals surface area contributed by atoms with Crippen LogP contribution in [0.25, 0.3) is 0 Å². The minimum absolute atomic E-state index is 0.113. The van der Waals surface area contributed by atoms with Gasteiger partial charge in [0.25, 0.3) is 0 Å². The average molecular weight is 216 g/mol. The Morgan fingerprint density at radius 3 is 2.53 bits per heavy atom. The van der Waals surface area contributed by atoms with Gasteiger partial charge in [-0.15, -0.1) is 0 Å². The maximum absolute atomic E-state index is 11.2. The van der Waals surface area contributed by atoms with E-state index >= 15 is 0 Å². The molecule has 0 saturated heterocycles. The summed E-state index contributed by atoms with van der Waals surface area (Å²) < 4.78 is 5.17. The van der Waals surface area contributed by atoms with Gasteiger partial charge in [-0.2, -0.15) is 0 Å². The summed E-state index contributed by atoms with van der Waals surface area (Å²) in [5.41, 5.74) is 0. The molecular formula is C11H24N2O2. The zero-order valence-corrected chi connectivity index (χ0v) is 10.3. The van der Waals surface area contributed by atoms with Gasteiger partial charge in [-0.3, -0.25) is 4.79 Å². The largest absolute Gasteiger partial charge is 0.380 e. The van der Waals surface area contributed by atoms with Crippen LogP contribution in [-0.4, -0.2) is 38.3 Å². The molecule has 0 fully saturated rings. The van der Waals surface area contributed by atoms with Crippen LogP contribution < -0.4 is 10.6 Å². The Bertz CT molecular complexity index is 174. The molecule has 0 heterocycles. The number of hydrogen-bond donors (Lipinski definition) is 2. The fourth-order valence-electron chi connectivity index (χ4n) is 1.14. The molecule has 0 aromatic heterocycles. The first-order valence-electron chi connectivity index (χ1n) is 5.64. The van der Waals surface area contributed by atoms with Gasteiger partial charge in [-0.25, -0.2) is 0 Å². The second kappa shape index (κ2) is 8.68. The lowest BCUT2D eigenvalue weighted by molar-refractivity contribution is -0.121. The van der Waals surface area contributed by atoms with Crippen molar-refractivity contribution in [2.24, 2.45) is 0 Å². The van der Waals surface area contributed by atoms with Crippen molar-refractivity contribution in [2.45, 2.75) is 45.8 Å². The van der Waals surface area contributed by atoms with E-state index in [0.29, 0.717) is 13.0 Å². The summed E-state index contributed by atoms with van der Waals surface area (Å²) in [7, 11) is 1.69. The van der Waals surface area contributed by atoms with Crippen LogP contribution >= 0.6 is 0 Å². The number of carbonyl (C=O) groups is 1. The van der Waals surface area contributed by atoms with Gasteiger partial charge >= 0.3 is 0 Å². The van der Waals surface area contributed by atoms with E-state index in [1.807, 2.05) is 13.8 Å². The van der Waals surface area contributed by atoms with Crippen LogP contribution in [0.15, 0.2) is 0 Å². The highest BCUT2D eigenvalue weighted by Crippen LogP contribution is 1.95. The summed E-state index contributed by atoms with van der Waals surface area (Å²) in [6.07, 6.45) is 1.68. The van der Waals surface area contributed by atoms with E-state index in [0.717, 1.165) is 13.0 Å². The summed E-state index contributed by atoms with van der Waals surface area (Å²) >= 11 is 0. The van der Waals surface area contributed by atoms with Crippen molar-refractivity contribution in [2.75, 3.05) is 20.2 Å². The van der Waals surface area contributed by atoms with Gasteiger partial charge in [0.2, 0.25) is 5.91 Å². The Labute approximate surface area is 92.8 Å². The van der Waals surface area contributed by atoms with Crippen molar-refractivity contribution in [3.63, 3.8) is 0 Å². The molecule has 0 saturated carbocycles. The highest BCUT2D eigenvalue weighted by molar-refractivity contribution is 5.75. The molecular weight excluding hydrogens is 192 g/mol. The van der Waals surface area contributed by atoms with Crippen molar-refractivity contribution in [1.82, 2.24) is 10.6 Å². The molecule has 2 atom stereocenters. The lowest BCUT2D eigenvalue weighted by atomic mass is 10.2. The molecule has 0 aromatic carbocycles. The molecule has 0 aliphatic heterocycles.